The molecule has 0 atom stereocenters. The SMILES string of the molecule is Cc1c(Cl)cc(Br)cc1CN=Nc1ncc(F)c(N2CCOCC2)n1. The molecule has 0 N–H and O–H groups in total. The minimum Gasteiger partial charge on any atom is -0.378 e. The van der Waals surface area contributed by atoms with Crippen molar-refractivity contribution in [2.45, 2.75) is 13.5 Å². The van der Waals surface area contributed by atoms with Gasteiger partial charge < -0.3 is 9.64 Å². The number of anilines is 1. The molecule has 0 unspecified atom stereocenters. The van der Waals surface area contributed by atoms with Crippen LogP contribution in [-0.2, 0) is 11.3 Å². The van der Waals surface area contributed by atoms with Gasteiger partial charge in [-0.15, -0.1) is 5.11 Å². The van der Waals surface area contributed by atoms with E-state index in [1.165, 1.54) is 0 Å². The monoisotopic (exact) mass is 427 g/mol. The van der Waals surface area contributed by atoms with Crippen LogP contribution in [0.2, 0.25) is 5.02 Å². The number of aromatic nitrogens is 2. The number of hydrogen-bond donors (Lipinski definition) is 0. The molecule has 0 saturated carbocycles. The van der Waals surface area contributed by atoms with E-state index in [-0.39, 0.29) is 11.8 Å². The van der Waals surface area contributed by atoms with Gasteiger partial charge in [0.05, 0.1) is 26.0 Å². The van der Waals surface area contributed by atoms with Gasteiger partial charge in [-0.1, -0.05) is 27.5 Å². The maximum absolute atomic E-state index is 14.0. The van der Waals surface area contributed by atoms with Gasteiger partial charge >= 0.3 is 0 Å². The molecule has 132 valence electrons. The Labute approximate surface area is 158 Å². The smallest absolute Gasteiger partial charge is 0.270 e. The molecule has 0 amide bonds. The van der Waals surface area contributed by atoms with E-state index in [1.54, 1.807) is 0 Å². The highest BCUT2D eigenvalue weighted by Gasteiger charge is 2.17. The van der Waals surface area contributed by atoms with Crippen molar-refractivity contribution in [1.29, 1.82) is 0 Å². The van der Waals surface area contributed by atoms with Crippen molar-refractivity contribution >= 4 is 39.3 Å². The lowest BCUT2D eigenvalue weighted by Crippen LogP contribution is -2.37. The minimum absolute atomic E-state index is 0.127. The van der Waals surface area contributed by atoms with Crippen LogP contribution in [0, 0.1) is 12.7 Å². The lowest BCUT2D eigenvalue weighted by atomic mass is 10.1. The van der Waals surface area contributed by atoms with Crippen molar-refractivity contribution < 1.29 is 9.13 Å². The minimum atomic E-state index is -0.476. The lowest BCUT2D eigenvalue weighted by Gasteiger charge is -2.27. The summed E-state index contributed by atoms with van der Waals surface area (Å²) in [6.07, 6.45) is 1.12. The Morgan fingerprint density at radius 1 is 1.36 bits per heavy atom. The zero-order valence-electron chi connectivity index (χ0n) is 13.5. The van der Waals surface area contributed by atoms with Gasteiger partial charge in [0, 0.05) is 22.6 Å². The highest BCUT2D eigenvalue weighted by molar-refractivity contribution is 9.10. The second-order valence-corrected chi connectivity index (χ2v) is 6.84. The van der Waals surface area contributed by atoms with Crippen LogP contribution in [0.1, 0.15) is 11.1 Å². The first kappa shape index (κ1) is 18.2. The zero-order valence-corrected chi connectivity index (χ0v) is 15.9. The van der Waals surface area contributed by atoms with Crippen LogP contribution in [0.15, 0.2) is 33.0 Å². The Kier molecular flexibility index (Phi) is 5.93. The van der Waals surface area contributed by atoms with Crippen LogP contribution >= 0.6 is 27.5 Å². The number of benzene rings is 1. The molecule has 0 bridgehead atoms. The number of azo groups is 1. The van der Waals surface area contributed by atoms with E-state index in [2.05, 4.69) is 36.1 Å². The predicted octanol–water partition coefficient (Wildman–Crippen LogP) is 4.46. The van der Waals surface area contributed by atoms with Crippen molar-refractivity contribution in [3.05, 3.63) is 44.8 Å². The molecule has 6 nitrogen and oxygen atoms in total. The number of hydrogen-bond acceptors (Lipinski definition) is 6. The van der Waals surface area contributed by atoms with E-state index < -0.39 is 5.82 Å². The second kappa shape index (κ2) is 8.16. The van der Waals surface area contributed by atoms with Gasteiger partial charge in [-0.25, -0.2) is 9.37 Å². The molecular formula is C16H16BrClFN5O. The highest BCUT2D eigenvalue weighted by Crippen LogP contribution is 2.26. The molecule has 1 aliphatic heterocycles. The molecular weight excluding hydrogens is 413 g/mol. The van der Waals surface area contributed by atoms with E-state index in [0.29, 0.717) is 37.9 Å². The summed E-state index contributed by atoms with van der Waals surface area (Å²) in [5.74, 6) is -0.119. The summed E-state index contributed by atoms with van der Waals surface area (Å²) in [7, 11) is 0. The van der Waals surface area contributed by atoms with Crippen LogP contribution in [0.5, 0.6) is 0 Å². The number of halogens is 3. The van der Waals surface area contributed by atoms with E-state index in [9.17, 15) is 4.39 Å². The first-order valence-electron chi connectivity index (χ1n) is 7.72. The van der Waals surface area contributed by atoms with Gasteiger partial charge in [0.1, 0.15) is 0 Å². The summed E-state index contributed by atoms with van der Waals surface area (Å²) in [6, 6.07) is 3.76. The van der Waals surface area contributed by atoms with Crippen LogP contribution in [0.25, 0.3) is 0 Å². The first-order chi connectivity index (χ1) is 12.0. The highest BCUT2D eigenvalue weighted by atomic mass is 79.9. The summed E-state index contributed by atoms with van der Waals surface area (Å²) in [5, 5.41) is 8.80. The summed E-state index contributed by atoms with van der Waals surface area (Å²) in [5.41, 5.74) is 1.89. The number of rotatable bonds is 4. The first-order valence-corrected chi connectivity index (χ1v) is 8.89. The van der Waals surface area contributed by atoms with Crippen LogP contribution < -0.4 is 4.90 Å². The Bertz CT molecular complexity index is 798. The van der Waals surface area contributed by atoms with Crippen LogP contribution in [-0.4, -0.2) is 36.3 Å². The van der Waals surface area contributed by atoms with E-state index >= 15 is 0 Å². The van der Waals surface area contributed by atoms with Crippen molar-refractivity contribution in [1.82, 2.24) is 9.97 Å². The van der Waals surface area contributed by atoms with Crippen molar-refractivity contribution in [2.75, 3.05) is 31.2 Å². The fourth-order valence-corrected chi connectivity index (χ4v) is 3.31. The summed E-state index contributed by atoms with van der Waals surface area (Å²) in [4.78, 5) is 9.87. The number of morpholine rings is 1. The Balaban J connectivity index is 1.75. The van der Waals surface area contributed by atoms with Crippen LogP contribution in [0.4, 0.5) is 16.2 Å². The maximum atomic E-state index is 14.0. The summed E-state index contributed by atoms with van der Waals surface area (Å²) in [6.45, 7) is 4.51. The van der Waals surface area contributed by atoms with Crippen molar-refractivity contribution in [3.8, 4) is 0 Å². The second-order valence-electron chi connectivity index (χ2n) is 5.51. The molecule has 9 heteroatoms. The molecule has 1 fully saturated rings. The molecule has 0 spiro atoms. The quantitative estimate of drug-likeness (QED) is 0.675. The van der Waals surface area contributed by atoms with Gasteiger partial charge in [-0.3, -0.25) is 0 Å². The zero-order chi connectivity index (χ0) is 17.8. The molecule has 0 radical (unpaired) electrons. The molecule has 1 aromatic carbocycles. The summed E-state index contributed by atoms with van der Waals surface area (Å²) >= 11 is 9.56. The Morgan fingerprint density at radius 2 is 2.12 bits per heavy atom. The van der Waals surface area contributed by atoms with Gasteiger partial charge in [-0.2, -0.15) is 10.1 Å². The van der Waals surface area contributed by atoms with E-state index in [1.807, 2.05) is 24.0 Å². The van der Waals surface area contributed by atoms with Gasteiger partial charge in [0.15, 0.2) is 11.6 Å². The normalized spacial score (nSPS) is 15.1. The lowest BCUT2D eigenvalue weighted by molar-refractivity contribution is 0.122. The molecule has 1 saturated heterocycles. The molecule has 25 heavy (non-hydrogen) atoms. The largest absolute Gasteiger partial charge is 0.378 e. The fraction of sp³-hybridized carbons (Fsp3) is 0.375. The fourth-order valence-electron chi connectivity index (χ4n) is 2.43. The summed E-state index contributed by atoms with van der Waals surface area (Å²) < 4.78 is 20.1. The molecule has 3 rings (SSSR count). The van der Waals surface area contributed by atoms with E-state index in [4.69, 9.17) is 16.3 Å². The van der Waals surface area contributed by atoms with Crippen molar-refractivity contribution in [2.24, 2.45) is 10.2 Å². The Hall–Kier alpha value is -1.64. The van der Waals surface area contributed by atoms with Gasteiger partial charge in [-0.05, 0) is 30.2 Å². The third-order valence-electron chi connectivity index (χ3n) is 3.84. The average molecular weight is 429 g/mol. The number of nitrogens with zero attached hydrogens (tertiary/aromatic N) is 5. The average Bonchev–Trinajstić information content (AvgIpc) is 2.61. The predicted molar refractivity (Wildman–Crippen MR) is 97.1 cm³/mol. The maximum Gasteiger partial charge on any atom is 0.270 e. The van der Waals surface area contributed by atoms with E-state index in [0.717, 1.165) is 21.8 Å². The molecule has 0 aliphatic carbocycles. The van der Waals surface area contributed by atoms with Crippen LogP contribution in [0.3, 0.4) is 0 Å². The van der Waals surface area contributed by atoms with Gasteiger partial charge in [0.25, 0.3) is 5.95 Å². The third kappa shape index (κ3) is 4.50. The molecule has 2 heterocycles. The third-order valence-corrected chi connectivity index (χ3v) is 4.69. The molecule has 1 aliphatic rings. The van der Waals surface area contributed by atoms with Crippen molar-refractivity contribution in [3.63, 3.8) is 0 Å². The molecule has 2 aromatic rings. The topological polar surface area (TPSA) is 63.0 Å². The molecule has 1 aromatic heterocycles. The Morgan fingerprint density at radius 3 is 2.88 bits per heavy atom. The van der Waals surface area contributed by atoms with Gasteiger partial charge in [0.2, 0.25) is 0 Å². The standard InChI is InChI=1S/C16H16BrClFN5O/c1-10-11(6-12(17)7-13(10)18)8-21-23-16-20-9-14(19)15(22-16)24-2-4-25-5-3-24/h6-7,9H,2-5,8H2,1H3. The number of ether oxygens (including phenoxy) is 1.